The standard InChI is InChI=1S/C12H14ClN5O/c1-14-5-4-12(19)17-10-6-9(13)2-3-11(10)18-8-15-7-16-18/h2-3,6-8,14H,4-5H2,1H3,(H,17,19). The topological polar surface area (TPSA) is 71.8 Å². The molecule has 0 aliphatic heterocycles. The first-order valence-electron chi connectivity index (χ1n) is 5.79. The lowest BCUT2D eigenvalue weighted by atomic mass is 10.2. The number of amides is 1. The SMILES string of the molecule is CNCCC(=O)Nc1cc(Cl)ccc1-n1cncn1. The number of aromatic nitrogens is 3. The monoisotopic (exact) mass is 279 g/mol. The van der Waals surface area contributed by atoms with Crippen molar-refractivity contribution in [3.8, 4) is 5.69 Å². The summed E-state index contributed by atoms with van der Waals surface area (Å²) in [5.41, 5.74) is 1.33. The van der Waals surface area contributed by atoms with Gasteiger partial charge in [0.05, 0.1) is 11.4 Å². The molecule has 1 amide bonds. The summed E-state index contributed by atoms with van der Waals surface area (Å²) in [5.74, 6) is -0.0852. The molecule has 1 heterocycles. The first-order valence-corrected chi connectivity index (χ1v) is 6.17. The Balaban J connectivity index is 2.23. The summed E-state index contributed by atoms with van der Waals surface area (Å²) in [6.45, 7) is 0.616. The van der Waals surface area contributed by atoms with Crippen molar-refractivity contribution in [3.63, 3.8) is 0 Å². The number of hydrogen-bond acceptors (Lipinski definition) is 4. The van der Waals surface area contributed by atoms with E-state index in [0.29, 0.717) is 23.7 Å². The summed E-state index contributed by atoms with van der Waals surface area (Å²) in [7, 11) is 1.80. The van der Waals surface area contributed by atoms with Gasteiger partial charge < -0.3 is 10.6 Å². The molecule has 6 nitrogen and oxygen atoms in total. The van der Waals surface area contributed by atoms with Crippen molar-refractivity contribution in [1.82, 2.24) is 20.1 Å². The molecule has 7 heteroatoms. The van der Waals surface area contributed by atoms with Gasteiger partial charge in [-0.25, -0.2) is 9.67 Å². The van der Waals surface area contributed by atoms with E-state index in [1.54, 1.807) is 36.3 Å². The molecular weight excluding hydrogens is 266 g/mol. The number of halogens is 1. The number of hydrogen-bond donors (Lipinski definition) is 2. The summed E-state index contributed by atoms with van der Waals surface area (Å²) in [5, 5.41) is 10.3. The predicted octanol–water partition coefficient (Wildman–Crippen LogP) is 1.47. The average Bonchev–Trinajstić information content (AvgIpc) is 2.90. The molecule has 0 bridgehead atoms. The fourth-order valence-electron chi connectivity index (χ4n) is 1.59. The minimum atomic E-state index is -0.0852. The average molecular weight is 280 g/mol. The Bertz CT molecular complexity index is 555. The van der Waals surface area contributed by atoms with Gasteiger partial charge in [0.15, 0.2) is 0 Å². The van der Waals surface area contributed by atoms with Gasteiger partial charge in [0, 0.05) is 18.0 Å². The van der Waals surface area contributed by atoms with E-state index in [4.69, 9.17) is 11.6 Å². The quantitative estimate of drug-likeness (QED) is 0.869. The molecule has 0 saturated carbocycles. The van der Waals surface area contributed by atoms with Crippen LogP contribution in [0, 0.1) is 0 Å². The molecule has 2 aromatic rings. The molecule has 0 radical (unpaired) electrons. The molecule has 1 aromatic carbocycles. The van der Waals surface area contributed by atoms with Gasteiger partial charge in [-0.15, -0.1) is 0 Å². The van der Waals surface area contributed by atoms with Gasteiger partial charge in [-0.1, -0.05) is 11.6 Å². The molecule has 0 aliphatic rings. The van der Waals surface area contributed by atoms with Crippen molar-refractivity contribution in [2.45, 2.75) is 6.42 Å². The Hall–Kier alpha value is -1.92. The van der Waals surface area contributed by atoms with Crippen LogP contribution in [-0.2, 0) is 4.79 Å². The highest BCUT2D eigenvalue weighted by atomic mass is 35.5. The predicted molar refractivity (Wildman–Crippen MR) is 73.5 cm³/mol. The van der Waals surface area contributed by atoms with E-state index in [1.807, 2.05) is 0 Å². The first kappa shape index (κ1) is 13.5. The molecule has 0 fully saturated rings. The van der Waals surface area contributed by atoms with Gasteiger partial charge in [0.25, 0.3) is 0 Å². The van der Waals surface area contributed by atoms with E-state index < -0.39 is 0 Å². The molecule has 2 N–H and O–H groups in total. The summed E-state index contributed by atoms with van der Waals surface area (Å²) in [6.07, 6.45) is 3.38. The minimum absolute atomic E-state index is 0.0852. The van der Waals surface area contributed by atoms with Crippen LogP contribution in [-0.4, -0.2) is 34.3 Å². The molecule has 19 heavy (non-hydrogen) atoms. The Morgan fingerprint density at radius 3 is 3.00 bits per heavy atom. The Labute approximate surface area is 115 Å². The van der Waals surface area contributed by atoms with Crippen LogP contribution in [0.15, 0.2) is 30.9 Å². The Morgan fingerprint density at radius 2 is 2.32 bits per heavy atom. The van der Waals surface area contributed by atoms with Crippen LogP contribution in [0.5, 0.6) is 0 Å². The van der Waals surface area contributed by atoms with Crippen molar-refractivity contribution < 1.29 is 4.79 Å². The normalized spacial score (nSPS) is 10.4. The molecule has 0 aliphatic carbocycles. The van der Waals surface area contributed by atoms with Gasteiger partial charge in [0.2, 0.25) is 5.91 Å². The smallest absolute Gasteiger partial charge is 0.225 e. The number of anilines is 1. The highest BCUT2D eigenvalue weighted by Crippen LogP contribution is 2.23. The Kier molecular flexibility index (Phi) is 4.48. The zero-order chi connectivity index (χ0) is 13.7. The molecule has 0 unspecified atom stereocenters. The van der Waals surface area contributed by atoms with Gasteiger partial charge in [-0.3, -0.25) is 4.79 Å². The first-order chi connectivity index (χ1) is 9.20. The maximum atomic E-state index is 11.8. The number of rotatable bonds is 5. The van der Waals surface area contributed by atoms with Crippen LogP contribution in [0.2, 0.25) is 5.02 Å². The number of benzene rings is 1. The highest BCUT2D eigenvalue weighted by Gasteiger charge is 2.09. The van der Waals surface area contributed by atoms with Gasteiger partial charge in [-0.05, 0) is 25.2 Å². The molecule has 1 aromatic heterocycles. The lowest BCUT2D eigenvalue weighted by Crippen LogP contribution is -2.19. The van der Waals surface area contributed by atoms with Crippen LogP contribution >= 0.6 is 11.6 Å². The van der Waals surface area contributed by atoms with Gasteiger partial charge in [0.1, 0.15) is 12.7 Å². The van der Waals surface area contributed by atoms with Crippen molar-refractivity contribution in [3.05, 3.63) is 35.9 Å². The summed E-state index contributed by atoms with van der Waals surface area (Å²) in [4.78, 5) is 15.7. The molecule has 2 rings (SSSR count). The second kappa shape index (κ2) is 6.31. The number of nitrogens with zero attached hydrogens (tertiary/aromatic N) is 3. The van der Waals surface area contributed by atoms with Crippen LogP contribution in [0.25, 0.3) is 5.69 Å². The molecular formula is C12H14ClN5O. The maximum absolute atomic E-state index is 11.8. The largest absolute Gasteiger partial charge is 0.324 e. The van der Waals surface area contributed by atoms with E-state index in [-0.39, 0.29) is 5.91 Å². The van der Waals surface area contributed by atoms with E-state index >= 15 is 0 Å². The van der Waals surface area contributed by atoms with E-state index in [9.17, 15) is 4.79 Å². The number of carbonyl (C=O) groups is 1. The zero-order valence-electron chi connectivity index (χ0n) is 10.4. The second-order valence-corrected chi connectivity index (χ2v) is 4.34. The van der Waals surface area contributed by atoms with Crippen LogP contribution < -0.4 is 10.6 Å². The molecule has 0 saturated heterocycles. The lowest BCUT2D eigenvalue weighted by molar-refractivity contribution is -0.116. The van der Waals surface area contributed by atoms with Crippen LogP contribution in [0.3, 0.4) is 0 Å². The molecule has 0 spiro atoms. The third kappa shape index (κ3) is 3.52. The zero-order valence-corrected chi connectivity index (χ0v) is 11.2. The third-order valence-electron chi connectivity index (χ3n) is 2.50. The fraction of sp³-hybridized carbons (Fsp3) is 0.250. The molecule has 0 atom stereocenters. The lowest BCUT2D eigenvalue weighted by Gasteiger charge is -2.11. The Morgan fingerprint density at radius 1 is 1.47 bits per heavy atom. The second-order valence-electron chi connectivity index (χ2n) is 3.90. The van der Waals surface area contributed by atoms with E-state index in [2.05, 4.69) is 20.7 Å². The van der Waals surface area contributed by atoms with Crippen LogP contribution in [0.1, 0.15) is 6.42 Å². The maximum Gasteiger partial charge on any atom is 0.225 e. The van der Waals surface area contributed by atoms with Crippen molar-refractivity contribution >= 4 is 23.2 Å². The van der Waals surface area contributed by atoms with Crippen molar-refractivity contribution in [2.24, 2.45) is 0 Å². The summed E-state index contributed by atoms with van der Waals surface area (Å²) >= 11 is 5.96. The number of nitrogens with one attached hydrogen (secondary N) is 2. The summed E-state index contributed by atoms with van der Waals surface area (Å²) < 4.78 is 1.57. The molecule has 100 valence electrons. The minimum Gasteiger partial charge on any atom is -0.324 e. The van der Waals surface area contributed by atoms with Gasteiger partial charge >= 0.3 is 0 Å². The van der Waals surface area contributed by atoms with E-state index in [1.165, 1.54) is 6.33 Å². The van der Waals surface area contributed by atoms with E-state index in [0.717, 1.165) is 5.69 Å². The summed E-state index contributed by atoms with van der Waals surface area (Å²) in [6, 6.07) is 5.21. The highest BCUT2D eigenvalue weighted by molar-refractivity contribution is 6.31. The van der Waals surface area contributed by atoms with Crippen LogP contribution in [0.4, 0.5) is 5.69 Å². The van der Waals surface area contributed by atoms with Crippen molar-refractivity contribution in [2.75, 3.05) is 18.9 Å². The van der Waals surface area contributed by atoms with Gasteiger partial charge in [-0.2, -0.15) is 5.10 Å². The van der Waals surface area contributed by atoms with Crippen molar-refractivity contribution in [1.29, 1.82) is 0 Å². The third-order valence-corrected chi connectivity index (χ3v) is 2.74. The fourth-order valence-corrected chi connectivity index (χ4v) is 1.76. The number of carbonyl (C=O) groups excluding carboxylic acids is 1.